The molecule has 0 heteroatoms. The zero-order valence-electron chi connectivity index (χ0n) is 18.5. The first-order valence-corrected chi connectivity index (χ1v) is 11.1. The van der Waals surface area contributed by atoms with Crippen molar-refractivity contribution in [3.05, 3.63) is 124 Å². The van der Waals surface area contributed by atoms with Crippen LogP contribution in [0.25, 0.3) is 5.57 Å². The molecule has 0 spiro atoms. The Morgan fingerprint density at radius 2 is 1.67 bits per heavy atom. The molecule has 0 radical (unpaired) electrons. The molecule has 2 aromatic carbocycles. The summed E-state index contributed by atoms with van der Waals surface area (Å²) in [7, 11) is 0. The second-order valence-corrected chi connectivity index (χ2v) is 8.92. The van der Waals surface area contributed by atoms with Gasteiger partial charge in [-0.15, -0.1) is 0 Å². The van der Waals surface area contributed by atoms with Crippen LogP contribution in [0.2, 0.25) is 0 Å². The maximum Gasteiger partial charge on any atom is 0.0296 e. The highest BCUT2D eigenvalue weighted by atomic mass is 14.3. The molecule has 0 N–H and O–H groups in total. The van der Waals surface area contributed by atoms with Crippen molar-refractivity contribution in [2.45, 2.75) is 51.9 Å². The molecule has 0 saturated heterocycles. The van der Waals surface area contributed by atoms with Crippen LogP contribution >= 0.6 is 0 Å². The summed E-state index contributed by atoms with van der Waals surface area (Å²) in [6.45, 7) is 15.5. The Morgan fingerprint density at radius 3 is 2.33 bits per heavy atom. The Bertz CT molecular complexity index is 1050. The molecule has 1 fully saturated rings. The molecular formula is C30H32. The molecule has 4 rings (SSSR count). The van der Waals surface area contributed by atoms with Gasteiger partial charge < -0.3 is 0 Å². The van der Waals surface area contributed by atoms with Crippen LogP contribution in [0.3, 0.4) is 0 Å². The van der Waals surface area contributed by atoms with Gasteiger partial charge in [0.2, 0.25) is 0 Å². The van der Waals surface area contributed by atoms with Gasteiger partial charge in [-0.1, -0.05) is 105 Å². The smallest absolute Gasteiger partial charge is 0.0296 e. The van der Waals surface area contributed by atoms with Gasteiger partial charge in [0, 0.05) is 5.92 Å². The summed E-state index contributed by atoms with van der Waals surface area (Å²) < 4.78 is 0. The van der Waals surface area contributed by atoms with Crippen molar-refractivity contribution in [1.82, 2.24) is 0 Å². The minimum absolute atomic E-state index is 0.244. The van der Waals surface area contributed by atoms with E-state index in [1.807, 2.05) is 0 Å². The van der Waals surface area contributed by atoms with Crippen molar-refractivity contribution in [2.24, 2.45) is 0 Å². The summed E-state index contributed by atoms with van der Waals surface area (Å²) in [6.07, 6.45) is 9.94. The van der Waals surface area contributed by atoms with Crippen LogP contribution in [0, 0.1) is 6.92 Å². The SMILES string of the molecule is C=C1CC(=CC2=CC=C(c3ccc(C)cc3)C2)C(=C)C1c1ccc(C(C)CC)cc1. The standard InChI is InChI=1S/C30H32/c1-6-21(3)25-13-15-27(16-14-25)30-22(4)17-29(23(30)5)19-24-9-12-28(18-24)26-10-7-20(2)8-11-26/h7-16,19,21,30H,4-6,17-18H2,1-3H3. The van der Waals surface area contributed by atoms with Gasteiger partial charge in [0.1, 0.15) is 0 Å². The van der Waals surface area contributed by atoms with Crippen LogP contribution < -0.4 is 0 Å². The molecule has 0 aliphatic heterocycles. The zero-order valence-corrected chi connectivity index (χ0v) is 18.5. The lowest BCUT2D eigenvalue weighted by atomic mass is 9.89. The molecule has 0 amide bonds. The minimum Gasteiger partial charge on any atom is -0.0986 e. The predicted octanol–water partition coefficient (Wildman–Crippen LogP) is 8.45. The van der Waals surface area contributed by atoms with Gasteiger partial charge in [-0.05, 0) is 71.1 Å². The van der Waals surface area contributed by atoms with Crippen molar-refractivity contribution < 1.29 is 0 Å². The zero-order chi connectivity index (χ0) is 21.3. The molecule has 2 unspecified atom stereocenters. The molecule has 0 heterocycles. The molecule has 152 valence electrons. The normalized spacial score (nSPS) is 21.2. The van der Waals surface area contributed by atoms with Crippen molar-refractivity contribution >= 4 is 5.57 Å². The van der Waals surface area contributed by atoms with Crippen molar-refractivity contribution in [3.63, 3.8) is 0 Å². The lowest BCUT2D eigenvalue weighted by molar-refractivity contribution is 0.733. The highest BCUT2D eigenvalue weighted by Gasteiger charge is 2.29. The summed E-state index contributed by atoms with van der Waals surface area (Å²) in [5, 5.41) is 0. The number of rotatable bonds is 5. The van der Waals surface area contributed by atoms with E-state index in [2.05, 4.69) is 101 Å². The van der Waals surface area contributed by atoms with Crippen LogP contribution in [0.4, 0.5) is 0 Å². The van der Waals surface area contributed by atoms with Crippen molar-refractivity contribution in [1.29, 1.82) is 0 Å². The lowest BCUT2D eigenvalue weighted by Gasteiger charge is -2.15. The Kier molecular flexibility index (Phi) is 5.77. The third kappa shape index (κ3) is 4.05. The molecule has 1 saturated carbocycles. The summed E-state index contributed by atoms with van der Waals surface area (Å²) >= 11 is 0. The molecule has 0 nitrogen and oxygen atoms in total. The van der Waals surface area contributed by atoms with E-state index in [9.17, 15) is 0 Å². The second-order valence-electron chi connectivity index (χ2n) is 8.92. The number of hydrogen-bond acceptors (Lipinski definition) is 0. The van der Waals surface area contributed by atoms with Gasteiger partial charge >= 0.3 is 0 Å². The maximum atomic E-state index is 4.47. The lowest BCUT2D eigenvalue weighted by Crippen LogP contribution is -1.98. The molecule has 2 aliphatic rings. The maximum absolute atomic E-state index is 4.47. The summed E-state index contributed by atoms with van der Waals surface area (Å²) in [5.41, 5.74) is 11.9. The van der Waals surface area contributed by atoms with Gasteiger partial charge in [-0.3, -0.25) is 0 Å². The first-order chi connectivity index (χ1) is 14.5. The Hall–Kier alpha value is -2.86. The molecular weight excluding hydrogens is 360 g/mol. The van der Waals surface area contributed by atoms with E-state index in [1.165, 1.54) is 56.5 Å². The molecule has 2 aromatic rings. The van der Waals surface area contributed by atoms with E-state index in [4.69, 9.17) is 0 Å². The quantitative estimate of drug-likeness (QED) is 0.448. The van der Waals surface area contributed by atoms with Crippen molar-refractivity contribution in [3.8, 4) is 0 Å². The Labute approximate surface area is 182 Å². The fraction of sp³-hybridized carbons (Fsp3) is 0.267. The Balaban J connectivity index is 1.48. The van der Waals surface area contributed by atoms with Gasteiger partial charge in [-0.2, -0.15) is 0 Å². The number of allylic oxidation sites excluding steroid dienone is 8. The number of benzene rings is 2. The van der Waals surface area contributed by atoms with E-state index < -0.39 is 0 Å². The summed E-state index contributed by atoms with van der Waals surface area (Å²) in [4.78, 5) is 0. The largest absolute Gasteiger partial charge is 0.0986 e. The fourth-order valence-electron chi connectivity index (χ4n) is 4.56. The second kappa shape index (κ2) is 8.48. The van der Waals surface area contributed by atoms with Crippen LogP contribution in [0.1, 0.15) is 67.2 Å². The van der Waals surface area contributed by atoms with Gasteiger partial charge in [0.15, 0.2) is 0 Å². The van der Waals surface area contributed by atoms with E-state index in [1.54, 1.807) is 0 Å². The molecule has 2 aliphatic carbocycles. The average molecular weight is 393 g/mol. The summed E-state index contributed by atoms with van der Waals surface area (Å²) in [6, 6.07) is 17.9. The van der Waals surface area contributed by atoms with E-state index >= 15 is 0 Å². The molecule has 0 aromatic heterocycles. The molecule has 30 heavy (non-hydrogen) atoms. The van der Waals surface area contributed by atoms with Crippen LogP contribution in [-0.2, 0) is 0 Å². The highest BCUT2D eigenvalue weighted by molar-refractivity contribution is 5.74. The van der Waals surface area contributed by atoms with Crippen molar-refractivity contribution in [2.75, 3.05) is 0 Å². The first-order valence-electron chi connectivity index (χ1n) is 11.1. The average Bonchev–Trinajstić information content (AvgIpc) is 3.32. The monoisotopic (exact) mass is 392 g/mol. The fourth-order valence-corrected chi connectivity index (χ4v) is 4.56. The first kappa shape index (κ1) is 20.4. The predicted molar refractivity (Wildman–Crippen MR) is 131 cm³/mol. The van der Waals surface area contributed by atoms with E-state index in [-0.39, 0.29) is 5.92 Å². The molecule has 0 bridgehead atoms. The van der Waals surface area contributed by atoms with Gasteiger partial charge in [0.25, 0.3) is 0 Å². The minimum atomic E-state index is 0.244. The topological polar surface area (TPSA) is 0 Å². The Morgan fingerprint density at radius 1 is 0.967 bits per heavy atom. The van der Waals surface area contributed by atoms with E-state index in [0.717, 1.165) is 12.8 Å². The van der Waals surface area contributed by atoms with Gasteiger partial charge in [-0.25, -0.2) is 0 Å². The summed E-state index contributed by atoms with van der Waals surface area (Å²) in [5.74, 6) is 0.850. The highest BCUT2D eigenvalue weighted by Crippen LogP contribution is 2.46. The van der Waals surface area contributed by atoms with E-state index in [0.29, 0.717) is 5.92 Å². The third-order valence-corrected chi connectivity index (χ3v) is 6.71. The van der Waals surface area contributed by atoms with Crippen LogP contribution in [0.5, 0.6) is 0 Å². The number of hydrogen-bond donors (Lipinski definition) is 0. The van der Waals surface area contributed by atoms with Crippen LogP contribution in [0.15, 0.2) is 102 Å². The van der Waals surface area contributed by atoms with Crippen LogP contribution in [-0.4, -0.2) is 0 Å². The molecule has 2 atom stereocenters. The number of aryl methyl sites for hydroxylation is 1. The van der Waals surface area contributed by atoms with Gasteiger partial charge in [0.05, 0.1) is 0 Å². The third-order valence-electron chi connectivity index (χ3n) is 6.71.